The van der Waals surface area contributed by atoms with Gasteiger partial charge in [0.15, 0.2) is 5.82 Å². The number of aromatic nitrogens is 1. The molecule has 6 nitrogen and oxygen atoms in total. The molecule has 1 saturated heterocycles. The van der Waals surface area contributed by atoms with Crippen LogP contribution in [0.15, 0.2) is 16.7 Å². The highest BCUT2D eigenvalue weighted by Gasteiger charge is 2.37. The lowest BCUT2D eigenvalue weighted by molar-refractivity contribution is -0.0752. The van der Waals surface area contributed by atoms with Crippen molar-refractivity contribution in [2.75, 3.05) is 18.6 Å². The van der Waals surface area contributed by atoms with Crippen LogP contribution in [0.3, 0.4) is 0 Å². The Labute approximate surface area is 132 Å². The van der Waals surface area contributed by atoms with E-state index in [0.29, 0.717) is 24.5 Å². The first-order chi connectivity index (χ1) is 10.2. The number of hydrazine groups is 1. The first-order valence-corrected chi connectivity index (χ1v) is 8.04. The smallest absolute Gasteiger partial charge is 0.258 e. The third-order valence-corrected chi connectivity index (χ3v) is 4.65. The van der Waals surface area contributed by atoms with Crippen LogP contribution < -0.4 is 11.3 Å². The van der Waals surface area contributed by atoms with Crippen molar-refractivity contribution in [2.45, 2.75) is 37.8 Å². The highest BCUT2D eigenvalue weighted by Crippen LogP contribution is 2.30. The number of halogens is 1. The Balaban J connectivity index is 1.88. The molecule has 3 N–H and O–H groups in total. The lowest BCUT2D eigenvalue weighted by Gasteiger charge is -2.43. The van der Waals surface area contributed by atoms with Crippen molar-refractivity contribution in [2.24, 2.45) is 5.84 Å². The lowest BCUT2D eigenvalue weighted by Crippen LogP contribution is -2.55. The van der Waals surface area contributed by atoms with Gasteiger partial charge >= 0.3 is 0 Å². The summed E-state index contributed by atoms with van der Waals surface area (Å²) in [4.78, 5) is 19.0. The normalized spacial score (nSPS) is 25.3. The molecule has 2 unspecified atom stereocenters. The maximum absolute atomic E-state index is 12.9. The van der Waals surface area contributed by atoms with Crippen LogP contribution in [0.4, 0.5) is 5.82 Å². The van der Waals surface area contributed by atoms with Crippen LogP contribution in [0.1, 0.15) is 36.0 Å². The van der Waals surface area contributed by atoms with Crippen molar-refractivity contribution in [3.8, 4) is 0 Å². The maximum atomic E-state index is 12.9. The van der Waals surface area contributed by atoms with Crippen molar-refractivity contribution >= 4 is 27.7 Å². The van der Waals surface area contributed by atoms with Crippen LogP contribution in [-0.4, -0.2) is 41.1 Å². The molecule has 7 heteroatoms. The molecule has 1 amide bonds. The Morgan fingerprint density at radius 3 is 3.10 bits per heavy atom. The molecule has 1 aliphatic carbocycles. The highest BCUT2D eigenvalue weighted by atomic mass is 79.9. The molecule has 2 fully saturated rings. The number of carbonyl (C=O) groups is 1. The summed E-state index contributed by atoms with van der Waals surface area (Å²) in [5.74, 6) is 5.85. The Morgan fingerprint density at radius 1 is 1.48 bits per heavy atom. The first-order valence-electron chi connectivity index (χ1n) is 7.25. The Morgan fingerprint density at radius 2 is 2.29 bits per heavy atom. The van der Waals surface area contributed by atoms with Gasteiger partial charge in [0.1, 0.15) is 0 Å². The minimum absolute atomic E-state index is 0.0306. The van der Waals surface area contributed by atoms with Gasteiger partial charge in [0, 0.05) is 17.2 Å². The van der Waals surface area contributed by atoms with Gasteiger partial charge in [-0.3, -0.25) is 4.79 Å². The van der Waals surface area contributed by atoms with E-state index < -0.39 is 0 Å². The summed E-state index contributed by atoms with van der Waals surface area (Å²) in [7, 11) is 0. The number of anilines is 1. The second kappa shape index (κ2) is 6.29. The number of hydrogen-bond donors (Lipinski definition) is 2. The van der Waals surface area contributed by atoms with Crippen molar-refractivity contribution < 1.29 is 9.53 Å². The molecular weight excluding hydrogens is 336 g/mol. The summed E-state index contributed by atoms with van der Waals surface area (Å²) in [6.07, 6.45) is 6.15. The van der Waals surface area contributed by atoms with E-state index in [1.807, 2.05) is 4.90 Å². The molecule has 0 spiro atoms. The number of morpholine rings is 1. The number of fused-ring (bicyclic) bond motifs is 1. The van der Waals surface area contributed by atoms with E-state index in [4.69, 9.17) is 10.6 Å². The molecule has 2 aliphatic rings. The van der Waals surface area contributed by atoms with Gasteiger partial charge in [-0.05, 0) is 34.8 Å². The van der Waals surface area contributed by atoms with Gasteiger partial charge in [-0.25, -0.2) is 10.8 Å². The van der Waals surface area contributed by atoms with Crippen LogP contribution in [0, 0.1) is 0 Å². The van der Waals surface area contributed by atoms with Crippen LogP contribution >= 0.6 is 15.9 Å². The summed E-state index contributed by atoms with van der Waals surface area (Å²) in [5, 5.41) is 0. The van der Waals surface area contributed by atoms with Gasteiger partial charge in [-0.1, -0.05) is 12.8 Å². The second-order valence-electron chi connectivity index (χ2n) is 5.45. The summed E-state index contributed by atoms with van der Waals surface area (Å²) in [6.45, 7) is 1.22. The van der Waals surface area contributed by atoms with Crippen LogP contribution in [0.2, 0.25) is 0 Å². The first kappa shape index (κ1) is 14.7. The van der Waals surface area contributed by atoms with Crippen molar-refractivity contribution in [1.82, 2.24) is 9.88 Å². The van der Waals surface area contributed by atoms with Crippen LogP contribution in [0.25, 0.3) is 0 Å². The monoisotopic (exact) mass is 354 g/mol. The lowest BCUT2D eigenvalue weighted by atomic mass is 9.89. The fraction of sp³-hybridized carbons (Fsp3) is 0.571. The predicted octanol–water partition coefficient (Wildman–Crippen LogP) is 1.91. The number of nitrogens with two attached hydrogens (primary N) is 1. The number of nitrogen functional groups attached to an aromatic ring is 1. The van der Waals surface area contributed by atoms with Gasteiger partial charge in [-0.15, -0.1) is 0 Å². The molecular formula is C14H19BrN4O2. The maximum Gasteiger partial charge on any atom is 0.258 e. The molecule has 1 saturated carbocycles. The number of nitrogens with one attached hydrogen (secondary N) is 1. The van der Waals surface area contributed by atoms with Crippen molar-refractivity contribution in [3.63, 3.8) is 0 Å². The zero-order valence-electron chi connectivity index (χ0n) is 11.7. The molecule has 21 heavy (non-hydrogen) atoms. The fourth-order valence-corrected chi connectivity index (χ4v) is 3.55. The number of amides is 1. The number of pyridine rings is 1. The van der Waals surface area contributed by atoms with Gasteiger partial charge in [0.25, 0.3) is 5.91 Å². The summed E-state index contributed by atoms with van der Waals surface area (Å²) >= 11 is 3.36. The quantitative estimate of drug-likeness (QED) is 0.626. The largest absolute Gasteiger partial charge is 0.374 e. The Bertz CT molecular complexity index is 538. The predicted molar refractivity (Wildman–Crippen MR) is 82.8 cm³/mol. The third kappa shape index (κ3) is 2.90. The molecule has 1 aliphatic heterocycles. The van der Waals surface area contributed by atoms with E-state index in [1.54, 1.807) is 12.3 Å². The summed E-state index contributed by atoms with van der Waals surface area (Å²) < 4.78 is 6.58. The Kier molecular flexibility index (Phi) is 4.42. The average molecular weight is 355 g/mol. The van der Waals surface area contributed by atoms with Crippen LogP contribution in [0.5, 0.6) is 0 Å². The number of ether oxygens (including phenoxy) is 1. The fourth-order valence-electron chi connectivity index (χ4n) is 3.22. The molecule has 2 atom stereocenters. The molecule has 3 rings (SSSR count). The molecule has 0 radical (unpaired) electrons. The van der Waals surface area contributed by atoms with E-state index in [1.165, 1.54) is 6.42 Å². The van der Waals surface area contributed by atoms with Crippen molar-refractivity contribution in [1.29, 1.82) is 0 Å². The standard InChI is InChI=1S/C14H19BrN4O2/c15-9-7-10(13(18-16)17-8-9)14(20)19-5-6-21-12-4-2-1-3-11(12)19/h7-8,11-12H,1-6,16H2,(H,17,18). The highest BCUT2D eigenvalue weighted by molar-refractivity contribution is 9.10. The number of nitrogens with zero attached hydrogens (tertiary/aromatic N) is 2. The van der Waals surface area contributed by atoms with Gasteiger partial charge < -0.3 is 15.1 Å². The third-order valence-electron chi connectivity index (χ3n) is 4.21. The SMILES string of the molecule is NNc1ncc(Br)cc1C(=O)N1CCOC2CCCCC21. The number of hydrogen-bond acceptors (Lipinski definition) is 5. The molecule has 0 bridgehead atoms. The van der Waals surface area contributed by atoms with Gasteiger partial charge in [0.05, 0.1) is 24.3 Å². The van der Waals surface area contributed by atoms with Crippen LogP contribution in [-0.2, 0) is 4.74 Å². The number of rotatable bonds is 2. The van der Waals surface area contributed by atoms with E-state index in [-0.39, 0.29) is 18.1 Å². The minimum Gasteiger partial charge on any atom is -0.374 e. The van der Waals surface area contributed by atoms with E-state index in [2.05, 4.69) is 26.3 Å². The van der Waals surface area contributed by atoms with E-state index in [9.17, 15) is 4.79 Å². The molecule has 1 aromatic rings. The van der Waals surface area contributed by atoms with Gasteiger partial charge in [0.2, 0.25) is 0 Å². The molecule has 114 valence electrons. The minimum atomic E-state index is -0.0306. The number of carbonyl (C=O) groups excluding carboxylic acids is 1. The second-order valence-corrected chi connectivity index (χ2v) is 6.37. The van der Waals surface area contributed by atoms with Crippen molar-refractivity contribution in [3.05, 3.63) is 22.3 Å². The van der Waals surface area contributed by atoms with Gasteiger partial charge in [-0.2, -0.15) is 0 Å². The topological polar surface area (TPSA) is 80.5 Å². The van der Waals surface area contributed by atoms with E-state index >= 15 is 0 Å². The molecule has 1 aromatic heterocycles. The Hall–Kier alpha value is -1.18. The van der Waals surface area contributed by atoms with E-state index in [0.717, 1.165) is 23.7 Å². The zero-order chi connectivity index (χ0) is 14.8. The average Bonchev–Trinajstić information content (AvgIpc) is 2.53. The zero-order valence-corrected chi connectivity index (χ0v) is 13.3. The molecule has 2 heterocycles. The summed E-state index contributed by atoms with van der Waals surface area (Å²) in [5.41, 5.74) is 3.00. The molecule has 0 aromatic carbocycles. The summed E-state index contributed by atoms with van der Waals surface area (Å²) in [6, 6.07) is 1.93.